The molecule has 0 saturated heterocycles. The molecule has 0 saturated carbocycles. The average molecular weight is 476 g/mol. The normalized spacial score (nSPS) is 10.6. The van der Waals surface area contributed by atoms with E-state index < -0.39 is 11.8 Å². The smallest absolute Gasteiger partial charge is 0.249 e. The number of hydrogen-bond acceptors (Lipinski definition) is 5. The zero-order valence-electron chi connectivity index (χ0n) is 17.1. The van der Waals surface area contributed by atoms with Crippen molar-refractivity contribution in [1.82, 2.24) is 5.43 Å². The van der Waals surface area contributed by atoms with Crippen molar-refractivity contribution in [2.24, 2.45) is 5.10 Å². The van der Waals surface area contributed by atoms with E-state index in [0.29, 0.717) is 36.0 Å². The predicted octanol–water partition coefficient (Wildman–Crippen LogP) is 4.51. The molecule has 8 heteroatoms. The number of carbonyl (C=O) groups is 2. The van der Waals surface area contributed by atoms with Crippen LogP contribution in [0.5, 0.6) is 11.5 Å². The first-order valence-electron chi connectivity index (χ1n) is 9.79. The van der Waals surface area contributed by atoms with Crippen LogP contribution < -0.4 is 20.2 Å². The number of unbranched alkanes of at least 4 members (excludes halogenated alkanes) is 1. The molecule has 0 atom stereocenters. The summed E-state index contributed by atoms with van der Waals surface area (Å²) in [5, 5.41) is 6.58. The highest BCUT2D eigenvalue weighted by atomic mass is 79.9. The third kappa shape index (κ3) is 7.87. The maximum Gasteiger partial charge on any atom is 0.249 e. The molecule has 0 aliphatic rings. The van der Waals surface area contributed by atoms with Crippen LogP contribution in [0.15, 0.2) is 52.0 Å². The quantitative estimate of drug-likeness (QED) is 0.216. The number of nitrogens with one attached hydrogen (secondary N) is 2. The van der Waals surface area contributed by atoms with Gasteiger partial charge in [-0.3, -0.25) is 9.59 Å². The third-order valence-electron chi connectivity index (χ3n) is 3.86. The number of anilines is 1. The Morgan fingerprint density at radius 2 is 1.87 bits per heavy atom. The highest BCUT2D eigenvalue weighted by Crippen LogP contribution is 2.36. The van der Waals surface area contributed by atoms with Gasteiger partial charge < -0.3 is 14.8 Å². The molecular formula is C22H26BrN3O4. The molecule has 0 fully saturated rings. The van der Waals surface area contributed by atoms with Gasteiger partial charge in [-0.1, -0.05) is 31.5 Å². The van der Waals surface area contributed by atoms with Crippen LogP contribution in [-0.4, -0.2) is 31.2 Å². The molecule has 0 aliphatic carbocycles. The first-order chi connectivity index (χ1) is 14.5. The minimum atomic E-state index is -0.511. The van der Waals surface area contributed by atoms with Crippen molar-refractivity contribution >= 4 is 39.6 Å². The van der Waals surface area contributed by atoms with Crippen LogP contribution in [0.3, 0.4) is 0 Å². The van der Waals surface area contributed by atoms with Crippen molar-refractivity contribution < 1.29 is 19.1 Å². The van der Waals surface area contributed by atoms with E-state index in [4.69, 9.17) is 9.47 Å². The van der Waals surface area contributed by atoms with Gasteiger partial charge in [-0.15, -0.1) is 0 Å². The Labute approximate surface area is 185 Å². The van der Waals surface area contributed by atoms with E-state index in [2.05, 4.69) is 38.7 Å². The van der Waals surface area contributed by atoms with Gasteiger partial charge in [-0.25, -0.2) is 5.43 Å². The molecule has 0 radical (unpaired) electrons. The average Bonchev–Trinajstić information content (AvgIpc) is 2.71. The van der Waals surface area contributed by atoms with E-state index in [1.807, 2.05) is 19.1 Å². The summed E-state index contributed by atoms with van der Waals surface area (Å²) in [4.78, 5) is 23.8. The standard InChI is InChI=1S/C22H26BrN3O4/c1-3-5-11-30-22-18(23)12-16(13-19(22)29-4-2)15-24-26-21(28)14-20(27)25-17-9-7-6-8-10-17/h6-10,12-13,15H,3-5,11,14H2,1-2H3,(H,25,27)(H,26,28). The number of nitrogens with zero attached hydrogens (tertiary/aromatic N) is 1. The van der Waals surface area contributed by atoms with Crippen LogP contribution in [0, 0.1) is 0 Å². The molecule has 2 aromatic carbocycles. The molecule has 0 spiro atoms. The second-order valence-corrected chi connectivity index (χ2v) is 7.20. The first-order valence-corrected chi connectivity index (χ1v) is 10.6. The van der Waals surface area contributed by atoms with E-state index in [0.717, 1.165) is 17.3 Å². The first kappa shape index (κ1) is 23.4. The van der Waals surface area contributed by atoms with Crippen LogP contribution in [0.4, 0.5) is 5.69 Å². The lowest BCUT2D eigenvalue weighted by molar-refractivity contribution is -0.126. The van der Waals surface area contributed by atoms with Gasteiger partial charge in [-0.05, 0) is 59.1 Å². The fourth-order valence-corrected chi connectivity index (χ4v) is 3.05. The number of para-hydroxylation sites is 1. The van der Waals surface area contributed by atoms with E-state index in [9.17, 15) is 9.59 Å². The van der Waals surface area contributed by atoms with Gasteiger partial charge in [0.15, 0.2) is 11.5 Å². The molecule has 0 bridgehead atoms. The minimum Gasteiger partial charge on any atom is -0.490 e. The minimum absolute atomic E-state index is 0.329. The van der Waals surface area contributed by atoms with Crippen molar-refractivity contribution in [3.8, 4) is 11.5 Å². The summed E-state index contributed by atoms with van der Waals surface area (Å²) >= 11 is 3.50. The molecule has 2 amide bonds. The molecule has 0 heterocycles. The van der Waals surface area contributed by atoms with Gasteiger partial charge in [0.2, 0.25) is 11.8 Å². The highest BCUT2D eigenvalue weighted by Gasteiger charge is 2.12. The second-order valence-electron chi connectivity index (χ2n) is 6.35. The zero-order chi connectivity index (χ0) is 21.8. The van der Waals surface area contributed by atoms with Crippen molar-refractivity contribution in [2.45, 2.75) is 33.1 Å². The summed E-state index contributed by atoms with van der Waals surface area (Å²) in [7, 11) is 0. The molecule has 160 valence electrons. The zero-order valence-corrected chi connectivity index (χ0v) is 18.7. The predicted molar refractivity (Wildman–Crippen MR) is 121 cm³/mol. The van der Waals surface area contributed by atoms with Gasteiger partial charge >= 0.3 is 0 Å². The van der Waals surface area contributed by atoms with Gasteiger partial charge in [0, 0.05) is 5.69 Å². The van der Waals surface area contributed by atoms with Crippen molar-refractivity contribution in [1.29, 1.82) is 0 Å². The Bertz CT molecular complexity index is 872. The van der Waals surface area contributed by atoms with Crippen LogP contribution in [0.2, 0.25) is 0 Å². The number of carbonyl (C=O) groups excluding carboxylic acids is 2. The van der Waals surface area contributed by atoms with Crippen molar-refractivity contribution in [2.75, 3.05) is 18.5 Å². The van der Waals surface area contributed by atoms with E-state index in [1.54, 1.807) is 30.3 Å². The van der Waals surface area contributed by atoms with Gasteiger partial charge in [0.25, 0.3) is 0 Å². The molecule has 0 aliphatic heterocycles. The number of ether oxygens (including phenoxy) is 2. The topological polar surface area (TPSA) is 89.0 Å². The van der Waals surface area contributed by atoms with Gasteiger partial charge in [0.1, 0.15) is 6.42 Å². The Hall–Kier alpha value is -2.87. The van der Waals surface area contributed by atoms with Crippen molar-refractivity contribution in [3.63, 3.8) is 0 Å². The summed E-state index contributed by atoms with van der Waals surface area (Å²) in [6.07, 6.45) is 3.14. The molecule has 0 aromatic heterocycles. The van der Waals surface area contributed by atoms with Gasteiger partial charge in [0.05, 0.1) is 23.9 Å². The molecule has 0 unspecified atom stereocenters. The second kappa shape index (κ2) is 12.6. The number of rotatable bonds is 11. The number of halogens is 1. The molecule has 2 aromatic rings. The Kier molecular flexibility index (Phi) is 9.86. The summed E-state index contributed by atoms with van der Waals surface area (Å²) in [5.74, 6) is 0.314. The number of amides is 2. The third-order valence-corrected chi connectivity index (χ3v) is 4.45. The van der Waals surface area contributed by atoms with Crippen LogP contribution >= 0.6 is 15.9 Å². The molecule has 30 heavy (non-hydrogen) atoms. The summed E-state index contributed by atoms with van der Waals surface area (Å²) in [6.45, 7) is 5.08. The van der Waals surface area contributed by atoms with Crippen molar-refractivity contribution in [3.05, 3.63) is 52.5 Å². The fourth-order valence-electron chi connectivity index (χ4n) is 2.47. The Balaban J connectivity index is 1.94. The molecule has 2 N–H and O–H groups in total. The van der Waals surface area contributed by atoms with Crippen LogP contribution in [0.25, 0.3) is 0 Å². The lowest BCUT2D eigenvalue weighted by Gasteiger charge is -2.14. The lowest BCUT2D eigenvalue weighted by Crippen LogP contribution is -2.24. The summed E-state index contributed by atoms with van der Waals surface area (Å²) in [5.41, 5.74) is 3.70. The van der Waals surface area contributed by atoms with Crippen LogP contribution in [-0.2, 0) is 9.59 Å². The Morgan fingerprint density at radius 3 is 2.57 bits per heavy atom. The highest BCUT2D eigenvalue weighted by molar-refractivity contribution is 9.10. The molecule has 2 rings (SSSR count). The van der Waals surface area contributed by atoms with E-state index in [1.165, 1.54) is 6.21 Å². The maximum absolute atomic E-state index is 11.9. The van der Waals surface area contributed by atoms with Crippen LogP contribution in [0.1, 0.15) is 38.7 Å². The molecular weight excluding hydrogens is 450 g/mol. The largest absolute Gasteiger partial charge is 0.490 e. The maximum atomic E-state index is 11.9. The number of hydrazone groups is 1. The number of benzene rings is 2. The monoisotopic (exact) mass is 475 g/mol. The summed E-state index contributed by atoms with van der Waals surface area (Å²) in [6, 6.07) is 12.5. The number of hydrogen-bond donors (Lipinski definition) is 2. The lowest BCUT2D eigenvalue weighted by atomic mass is 10.2. The van der Waals surface area contributed by atoms with E-state index in [-0.39, 0.29) is 6.42 Å². The fraction of sp³-hybridized carbons (Fsp3) is 0.318. The Morgan fingerprint density at radius 1 is 1.10 bits per heavy atom. The SMILES string of the molecule is CCCCOc1c(Br)cc(C=NNC(=O)CC(=O)Nc2ccccc2)cc1OCC. The van der Waals surface area contributed by atoms with E-state index >= 15 is 0 Å². The molecule has 7 nitrogen and oxygen atoms in total. The summed E-state index contributed by atoms with van der Waals surface area (Å²) < 4.78 is 12.2. The van der Waals surface area contributed by atoms with Gasteiger partial charge in [-0.2, -0.15) is 5.10 Å².